The number of hydrogen-bond acceptors (Lipinski definition) is 4. The molecule has 0 aliphatic carbocycles. The second-order valence-electron chi connectivity index (χ2n) is 7.14. The van der Waals surface area contributed by atoms with Gasteiger partial charge in [-0.15, -0.1) is 0 Å². The van der Waals surface area contributed by atoms with Gasteiger partial charge in [-0.3, -0.25) is 0 Å². The first kappa shape index (κ1) is 21.2. The Morgan fingerprint density at radius 2 is 1.52 bits per heavy atom. The Hall–Kier alpha value is -1.84. The van der Waals surface area contributed by atoms with E-state index in [2.05, 4.69) is 6.92 Å². The Morgan fingerprint density at radius 3 is 2.08 bits per heavy atom. The molecule has 0 bridgehead atoms. The standard InChI is InChI=1S/C21H32O4/c1-6-7-8-9-13-24-20(22)17-11-10-12-18(14-17)21(23)25-19(15(2)3)16(4)5/h10-12,14-16,19H,6-9,13H2,1-5H3. The molecule has 0 aliphatic rings. The molecule has 0 amide bonds. The van der Waals surface area contributed by atoms with E-state index in [9.17, 15) is 9.59 Å². The zero-order valence-electron chi connectivity index (χ0n) is 16.2. The highest BCUT2D eigenvalue weighted by Crippen LogP contribution is 2.19. The van der Waals surface area contributed by atoms with E-state index in [1.807, 2.05) is 27.7 Å². The largest absolute Gasteiger partial charge is 0.462 e. The van der Waals surface area contributed by atoms with Crippen LogP contribution in [0.25, 0.3) is 0 Å². The van der Waals surface area contributed by atoms with Gasteiger partial charge in [0.2, 0.25) is 0 Å². The molecule has 1 rings (SSSR count). The van der Waals surface area contributed by atoms with Crippen molar-refractivity contribution in [1.82, 2.24) is 0 Å². The lowest BCUT2D eigenvalue weighted by Crippen LogP contribution is -2.28. The average molecular weight is 348 g/mol. The predicted octanol–water partition coefficient (Wildman–Crippen LogP) is 5.26. The van der Waals surface area contributed by atoms with Crippen molar-refractivity contribution in [2.75, 3.05) is 6.61 Å². The second kappa shape index (κ2) is 10.9. The minimum atomic E-state index is -0.398. The molecule has 0 unspecified atom stereocenters. The number of rotatable bonds is 10. The first-order chi connectivity index (χ1) is 11.9. The molecule has 140 valence electrons. The van der Waals surface area contributed by atoms with Crippen LogP contribution in [0.3, 0.4) is 0 Å². The molecule has 0 radical (unpaired) electrons. The fourth-order valence-electron chi connectivity index (χ4n) is 2.78. The molecule has 0 saturated heterocycles. The van der Waals surface area contributed by atoms with Gasteiger partial charge in [0.15, 0.2) is 0 Å². The summed E-state index contributed by atoms with van der Waals surface area (Å²) >= 11 is 0. The monoisotopic (exact) mass is 348 g/mol. The number of carbonyl (C=O) groups is 2. The van der Waals surface area contributed by atoms with Crippen LogP contribution in [-0.4, -0.2) is 24.6 Å². The maximum atomic E-state index is 12.4. The Balaban J connectivity index is 2.67. The molecule has 1 aromatic rings. The van der Waals surface area contributed by atoms with Gasteiger partial charge in [0.1, 0.15) is 6.10 Å². The van der Waals surface area contributed by atoms with Gasteiger partial charge < -0.3 is 9.47 Å². The molecule has 0 atom stereocenters. The van der Waals surface area contributed by atoms with Gasteiger partial charge in [-0.05, 0) is 36.5 Å². The maximum Gasteiger partial charge on any atom is 0.338 e. The van der Waals surface area contributed by atoms with Crippen LogP contribution in [0.5, 0.6) is 0 Å². The number of unbranched alkanes of at least 4 members (excludes halogenated alkanes) is 3. The molecule has 0 heterocycles. The fraction of sp³-hybridized carbons (Fsp3) is 0.619. The molecule has 0 N–H and O–H groups in total. The van der Waals surface area contributed by atoms with Gasteiger partial charge >= 0.3 is 11.9 Å². The van der Waals surface area contributed by atoms with E-state index in [0.29, 0.717) is 17.7 Å². The van der Waals surface area contributed by atoms with Crippen LogP contribution in [0, 0.1) is 11.8 Å². The zero-order valence-corrected chi connectivity index (χ0v) is 16.2. The topological polar surface area (TPSA) is 52.6 Å². The Labute approximate surface area is 151 Å². The van der Waals surface area contributed by atoms with Crippen LogP contribution in [0.2, 0.25) is 0 Å². The zero-order chi connectivity index (χ0) is 18.8. The average Bonchev–Trinajstić information content (AvgIpc) is 2.58. The SMILES string of the molecule is CCCCCCOC(=O)c1cccc(C(=O)OC(C(C)C)C(C)C)c1. The lowest BCUT2D eigenvalue weighted by Gasteiger charge is -2.24. The summed E-state index contributed by atoms with van der Waals surface area (Å²) in [6.07, 6.45) is 4.06. The van der Waals surface area contributed by atoms with E-state index in [1.165, 1.54) is 0 Å². The maximum absolute atomic E-state index is 12.4. The van der Waals surface area contributed by atoms with Crippen LogP contribution in [0.15, 0.2) is 24.3 Å². The van der Waals surface area contributed by atoms with E-state index in [1.54, 1.807) is 24.3 Å². The Bertz CT molecular complexity index is 541. The van der Waals surface area contributed by atoms with E-state index in [-0.39, 0.29) is 17.9 Å². The van der Waals surface area contributed by atoms with Crippen LogP contribution in [-0.2, 0) is 9.47 Å². The molecule has 4 heteroatoms. The van der Waals surface area contributed by atoms with Crippen molar-refractivity contribution in [2.45, 2.75) is 66.4 Å². The fourth-order valence-corrected chi connectivity index (χ4v) is 2.78. The minimum absolute atomic E-state index is 0.151. The van der Waals surface area contributed by atoms with E-state index < -0.39 is 11.9 Å². The summed E-state index contributed by atoms with van der Waals surface area (Å²) in [6, 6.07) is 6.56. The van der Waals surface area contributed by atoms with Crippen molar-refractivity contribution in [3.8, 4) is 0 Å². The number of esters is 2. The number of ether oxygens (including phenoxy) is 2. The van der Waals surface area contributed by atoms with Crippen molar-refractivity contribution in [1.29, 1.82) is 0 Å². The Kier molecular flexibility index (Phi) is 9.25. The normalized spacial score (nSPS) is 11.2. The highest BCUT2D eigenvalue weighted by atomic mass is 16.5. The van der Waals surface area contributed by atoms with Crippen LogP contribution < -0.4 is 0 Å². The molecule has 0 saturated carbocycles. The molecule has 0 aromatic heterocycles. The molecule has 0 spiro atoms. The van der Waals surface area contributed by atoms with Crippen molar-refractivity contribution in [3.63, 3.8) is 0 Å². The van der Waals surface area contributed by atoms with Crippen molar-refractivity contribution in [3.05, 3.63) is 35.4 Å². The first-order valence-electron chi connectivity index (χ1n) is 9.35. The Morgan fingerprint density at radius 1 is 0.920 bits per heavy atom. The second-order valence-corrected chi connectivity index (χ2v) is 7.14. The third-order valence-corrected chi connectivity index (χ3v) is 4.12. The van der Waals surface area contributed by atoms with Crippen molar-refractivity contribution < 1.29 is 19.1 Å². The summed E-state index contributed by atoms with van der Waals surface area (Å²) in [5.41, 5.74) is 0.766. The quantitative estimate of drug-likeness (QED) is 0.427. The van der Waals surface area contributed by atoms with Crippen LogP contribution in [0.1, 0.15) is 81.0 Å². The predicted molar refractivity (Wildman–Crippen MR) is 99.7 cm³/mol. The summed E-state index contributed by atoms with van der Waals surface area (Å²) in [5.74, 6) is -0.319. The van der Waals surface area contributed by atoms with Gasteiger partial charge in [-0.1, -0.05) is 59.9 Å². The molecular formula is C21H32O4. The van der Waals surface area contributed by atoms with Gasteiger partial charge in [0.05, 0.1) is 17.7 Å². The highest BCUT2D eigenvalue weighted by Gasteiger charge is 2.23. The van der Waals surface area contributed by atoms with E-state index in [0.717, 1.165) is 25.7 Å². The van der Waals surface area contributed by atoms with Gasteiger partial charge in [-0.2, -0.15) is 0 Å². The lowest BCUT2D eigenvalue weighted by molar-refractivity contribution is 0.00324. The third-order valence-electron chi connectivity index (χ3n) is 4.12. The summed E-state index contributed by atoms with van der Waals surface area (Å²) < 4.78 is 10.9. The van der Waals surface area contributed by atoms with Gasteiger partial charge in [0, 0.05) is 0 Å². The number of hydrogen-bond donors (Lipinski definition) is 0. The summed E-state index contributed by atoms with van der Waals surface area (Å²) in [6.45, 7) is 10.7. The third kappa shape index (κ3) is 7.29. The van der Waals surface area contributed by atoms with Gasteiger partial charge in [0.25, 0.3) is 0 Å². The van der Waals surface area contributed by atoms with E-state index >= 15 is 0 Å². The van der Waals surface area contributed by atoms with E-state index in [4.69, 9.17) is 9.47 Å². The smallest absolute Gasteiger partial charge is 0.338 e. The molecular weight excluding hydrogens is 316 g/mol. The molecule has 0 fully saturated rings. The summed E-state index contributed by atoms with van der Waals surface area (Å²) in [5, 5.41) is 0. The van der Waals surface area contributed by atoms with Crippen LogP contribution >= 0.6 is 0 Å². The minimum Gasteiger partial charge on any atom is -0.462 e. The molecule has 1 aromatic carbocycles. The lowest BCUT2D eigenvalue weighted by atomic mass is 9.96. The highest BCUT2D eigenvalue weighted by molar-refractivity contribution is 5.95. The molecule has 4 nitrogen and oxygen atoms in total. The van der Waals surface area contributed by atoms with Gasteiger partial charge in [-0.25, -0.2) is 9.59 Å². The molecule has 25 heavy (non-hydrogen) atoms. The summed E-state index contributed by atoms with van der Waals surface area (Å²) in [7, 11) is 0. The number of carbonyl (C=O) groups excluding carboxylic acids is 2. The van der Waals surface area contributed by atoms with Crippen molar-refractivity contribution in [2.24, 2.45) is 11.8 Å². The first-order valence-corrected chi connectivity index (χ1v) is 9.35. The van der Waals surface area contributed by atoms with Crippen molar-refractivity contribution >= 4 is 11.9 Å². The number of benzene rings is 1. The molecule has 0 aliphatic heterocycles. The van der Waals surface area contributed by atoms with Crippen LogP contribution in [0.4, 0.5) is 0 Å². The summed E-state index contributed by atoms with van der Waals surface area (Å²) in [4.78, 5) is 24.5.